The topological polar surface area (TPSA) is 87.7 Å². The number of hydrogen-bond acceptors (Lipinski definition) is 5. The highest BCUT2D eigenvalue weighted by atomic mass is 32.1. The number of carbonyl (C=O) groups is 1. The number of H-pyrrole nitrogens is 1. The van der Waals surface area contributed by atoms with Crippen LogP contribution >= 0.6 is 11.5 Å². The van der Waals surface area contributed by atoms with Crippen molar-refractivity contribution in [1.82, 2.24) is 14.3 Å². The van der Waals surface area contributed by atoms with Gasteiger partial charge in [0.05, 0.1) is 0 Å². The van der Waals surface area contributed by atoms with Crippen molar-refractivity contribution in [2.24, 2.45) is 0 Å². The fourth-order valence-corrected chi connectivity index (χ4v) is 3.00. The first kappa shape index (κ1) is 14.4. The smallest absolute Gasteiger partial charge is 0.278 e. The molecule has 0 atom stereocenters. The fraction of sp³-hybridized carbons (Fsp3) is 0.200. The Kier molecular flexibility index (Phi) is 3.50. The number of carbonyl (C=O) groups excluding carboxylic acids is 1. The van der Waals surface area contributed by atoms with Gasteiger partial charge in [-0.1, -0.05) is 18.2 Å². The van der Waals surface area contributed by atoms with Gasteiger partial charge >= 0.3 is 0 Å². The van der Waals surface area contributed by atoms with Crippen LogP contribution in [0, 0.1) is 20.8 Å². The number of rotatable bonds is 2. The molecule has 22 heavy (non-hydrogen) atoms. The zero-order valence-electron chi connectivity index (χ0n) is 12.4. The van der Waals surface area contributed by atoms with Gasteiger partial charge < -0.3 is 10.3 Å². The maximum atomic E-state index is 12.5. The number of amides is 1. The van der Waals surface area contributed by atoms with Crippen LogP contribution in [0.3, 0.4) is 0 Å². The van der Waals surface area contributed by atoms with E-state index >= 15 is 0 Å². The third-order valence-electron chi connectivity index (χ3n) is 3.38. The lowest BCUT2D eigenvalue weighted by molar-refractivity contribution is 0.103. The van der Waals surface area contributed by atoms with Crippen molar-refractivity contribution >= 4 is 34.2 Å². The van der Waals surface area contributed by atoms with E-state index < -0.39 is 0 Å². The minimum atomic E-state index is -0.329. The molecular formula is C15H14N4O2S. The van der Waals surface area contributed by atoms with Crippen LogP contribution in [0.4, 0.5) is 5.69 Å². The number of benzene rings is 1. The summed E-state index contributed by atoms with van der Waals surface area (Å²) < 4.78 is 4.04. The first-order valence-corrected chi connectivity index (χ1v) is 7.48. The molecular weight excluding hydrogens is 300 g/mol. The molecule has 2 heterocycles. The Hall–Kier alpha value is -2.54. The molecule has 0 unspecified atom stereocenters. The van der Waals surface area contributed by atoms with Gasteiger partial charge in [0.1, 0.15) is 16.2 Å². The normalized spacial score (nSPS) is 10.9. The van der Waals surface area contributed by atoms with Gasteiger partial charge in [-0.2, -0.15) is 4.37 Å². The Morgan fingerprint density at radius 3 is 2.55 bits per heavy atom. The Labute approximate surface area is 130 Å². The SMILES string of the molecule is Cc1nc2c(C(=O)Nc3c(C)cccc3C)snc2c(=O)[nH]1. The lowest BCUT2D eigenvalue weighted by Crippen LogP contribution is -2.14. The summed E-state index contributed by atoms with van der Waals surface area (Å²) in [7, 11) is 0. The van der Waals surface area contributed by atoms with Crippen molar-refractivity contribution in [2.45, 2.75) is 20.8 Å². The number of hydrogen-bond donors (Lipinski definition) is 2. The first-order chi connectivity index (χ1) is 10.5. The van der Waals surface area contributed by atoms with Crippen LogP contribution in [0.25, 0.3) is 11.0 Å². The maximum Gasteiger partial charge on any atom is 0.278 e. The molecule has 1 aromatic carbocycles. The summed E-state index contributed by atoms with van der Waals surface area (Å²) in [5, 5.41) is 2.89. The molecule has 0 radical (unpaired) electrons. The van der Waals surface area contributed by atoms with Crippen molar-refractivity contribution < 1.29 is 4.79 Å². The van der Waals surface area contributed by atoms with E-state index in [2.05, 4.69) is 19.7 Å². The van der Waals surface area contributed by atoms with E-state index in [-0.39, 0.29) is 17.0 Å². The van der Waals surface area contributed by atoms with E-state index in [0.29, 0.717) is 16.2 Å². The largest absolute Gasteiger partial charge is 0.321 e. The standard InChI is InChI=1S/C15H14N4O2S/c1-7-5-4-6-8(2)10(7)18-15(21)13-11-12(19-22-13)14(20)17-9(3)16-11/h4-6H,1-3H3,(H,18,21)(H,16,17,20). The van der Waals surface area contributed by atoms with Crippen LogP contribution in [0.15, 0.2) is 23.0 Å². The molecule has 6 nitrogen and oxygen atoms in total. The summed E-state index contributed by atoms with van der Waals surface area (Å²) >= 11 is 0.980. The van der Waals surface area contributed by atoms with Gasteiger partial charge in [0, 0.05) is 5.69 Å². The van der Waals surface area contributed by atoms with Crippen LogP contribution in [-0.4, -0.2) is 20.2 Å². The van der Waals surface area contributed by atoms with Gasteiger partial charge in [-0.25, -0.2) is 4.98 Å². The molecule has 3 rings (SSSR count). The summed E-state index contributed by atoms with van der Waals surface area (Å²) in [4.78, 5) is 31.5. The highest BCUT2D eigenvalue weighted by Gasteiger charge is 2.19. The number of para-hydroxylation sites is 1. The molecule has 7 heteroatoms. The molecule has 0 aliphatic carbocycles. The van der Waals surface area contributed by atoms with Crippen molar-refractivity contribution in [3.8, 4) is 0 Å². The zero-order valence-corrected chi connectivity index (χ0v) is 13.2. The number of fused-ring (bicyclic) bond motifs is 1. The summed E-state index contributed by atoms with van der Waals surface area (Å²) in [6, 6.07) is 5.80. The molecule has 0 aliphatic heterocycles. The van der Waals surface area contributed by atoms with E-state index in [4.69, 9.17) is 0 Å². The van der Waals surface area contributed by atoms with Crippen LogP contribution in [0.1, 0.15) is 26.6 Å². The van der Waals surface area contributed by atoms with Crippen LogP contribution < -0.4 is 10.9 Å². The Morgan fingerprint density at radius 1 is 1.18 bits per heavy atom. The van der Waals surface area contributed by atoms with Crippen LogP contribution in [0.2, 0.25) is 0 Å². The molecule has 112 valence electrons. The Balaban J connectivity index is 2.05. The Morgan fingerprint density at radius 2 is 1.86 bits per heavy atom. The molecule has 0 aliphatic rings. The number of anilines is 1. The number of aromatic amines is 1. The van der Waals surface area contributed by atoms with Gasteiger partial charge in [-0.15, -0.1) is 0 Å². The highest BCUT2D eigenvalue weighted by molar-refractivity contribution is 7.09. The van der Waals surface area contributed by atoms with Gasteiger partial charge in [0.2, 0.25) is 0 Å². The second-order valence-corrected chi connectivity index (χ2v) is 5.85. The number of nitrogens with zero attached hydrogens (tertiary/aromatic N) is 2. The fourth-order valence-electron chi connectivity index (χ4n) is 2.29. The third kappa shape index (κ3) is 2.39. The number of nitrogens with one attached hydrogen (secondary N) is 2. The Bertz CT molecular complexity index is 922. The van der Waals surface area contributed by atoms with E-state index in [1.54, 1.807) is 6.92 Å². The second-order valence-electron chi connectivity index (χ2n) is 5.08. The lowest BCUT2D eigenvalue weighted by Gasteiger charge is -2.10. The molecule has 2 N–H and O–H groups in total. The van der Waals surface area contributed by atoms with Crippen LogP contribution in [0.5, 0.6) is 0 Å². The monoisotopic (exact) mass is 314 g/mol. The quantitative estimate of drug-likeness (QED) is 0.761. The third-order valence-corrected chi connectivity index (χ3v) is 4.22. The van der Waals surface area contributed by atoms with Crippen molar-refractivity contribution in [3.63, 3.8) is 0 Å². The molecule has 0 saturated carbocycles. The van der Waals surface area contributed by atoms with Crippen molar-refractivity contribution in [3.05, 3.63) is 50.4 Å². The molecule has 0 saturated heterocycles. The molecule has 1 amide bonds. The van der Waals surface area contributed by atoms with Gasteiger partial charge in [-0.3, -0.25) is 9.59 Å². The predicted molar refractivity (Wildman–Crippen MR) is 86.6 cm³/mol. The number of aromatic nitrogens is 3. The van der Waals surface area contributed by atoms with E-state index in [0.717, 1.165) is 28.3 Å². The van der Waals surface area contributed by atoms with E-state index in [1.807, 2.05) is 32.0 Å². The number of aryl methyl sites for hydroxylation is 3. The summed E-state index contributed by atoms with van der Waals surface area (Å²) in [5.41, 5.74) is 2.94. The van der Waals surface area contributed by atoms with Gasteiger partial charge in [-0.05, 0) is 43.4 Å². The predicted octanol–water partition coefficient (Wildman–Crippen LogP) is 2.56. The summed E-state index contributed by atoms with van der Waals surface area (Å²) in [5.74, 6) is 0.154. The van der Waals surface area contributed by atoms with E-state index in [9.17, 15) is 9.59 Å². The first-order valence-electron chi connectivity index (χ1n) is 6.71. The molecule has 0 bridgehead atoms. The highest BCUT2D eigenvalue weighted by Crippen LogP contribution is 2.23. The maximum absolute atomic E-state index is 12.5. The second kappa shape index (κ2) is 5.34. The minimum Gasteiger partial charge on any atom is -0.321 e. The molecule has 0 spiro atoms. The zero-order chi connectivity index (χ0) is 15.9. The molecule has 3 aromatic rings. The van der Waals surface area contributed by atoms with Crippen molar-refractivity contribution in [2.75, 3.05) is 5.32 Å². The van der Waals surface area contributed by atoms with Crippen LogP contribution in [-0.2, 0) is 0 Å². The summed E-state index contributed by atoms with van der Waals surface area (Å²) in [6.45, 7) is 5.53. The minimum absolute atomic E-state index is 0.197. The van der Waals surface area contributed by atoms with Gasteiger partial charge in [0.15, 0.2) is 5.52 Å². The van der Waals surface area contributed by atoms with E-state index in [1.165, 1.54) is 0 Å². The average molecular weight is 314 g/mol. The lowest BCUT2D eigenvalue weighted by atomic mass is 10.1. The molecule has 2 aromatic heterocycles. The van der Waals surface area contributed by atoms with Crippen molar-refractivity contribution in [1.29, 1.82) is 0 Å². The molecule has 0 fully saturated rings. The van der Waals surface area contributed by atoms with Gasteiger partial charge in [0.25, 0.3) is 11.5 Å². The summed E-state index contributed by atoms with van der Waals surface area (Å²) in [6.07, 6.45) is 0. The average Bonchev–Trinajstić information content (AvgIpc) is 2.87.